The topological polar surface area (TPSA) is 120 Å². The molecule has 0 spiro atoms. The Morgan fingerprint density at radius 3 is 2.52 bits per heavy atom. The number of nitrogens with one attached hydrogen (secondary N) is 2. The molecule has 1 aliphatic rings. The average molecular weight is 401 g/mol. The second-order valence-electron chi connectivity index (χ2n) is 7.00. The maximum absolute atomic E-state index is 12.5. The molecule has 2 rings (SSSR count). The Bertz CT molecular complexity index is 752. The molecule has 0 unspecified atom stereocenters. The Morgan fingerprint density at radius 1 is 1.33 bits per heavy atom. The summed E-state index contributed by atoms with van der Waals surface area (Å²) in [4.78, 5) is 18.2. The van der Waals surface area contributed by atoms with Crippen LogP contribution in [0.3, 0.4) is 0 Å². The van der Waals surface area contributed by atoms with Gasteiger partial charge in [-0.25, -0.2) is 8.42 Å². The maximum atomic E-state index is 12.5. The van der Waals surface area contributed by atoms with Gasteiger partial charge in [0.15, 0.2) is 5.96 Å². The van der Waals surface area contributed by atoms with Crippen LogP contribution in [-0.4, -0.2) is 81.5 Å². The zero-order valence-electron chi connectivity index (χ0n) is 16.2. The van der Waals surface area contributed by atoms with Crippen molar-refractivity contribution in [1.29, 1.82) is 0 Å². The monoisotopic (exact) mass is 400 g/mol. The molecule has 0 atom stereocenters. The van der Waals surface area contributed by atoms with E-state index >= 15 is 0 Å². The molecule has 2 N–H and O–H groups in total. The van der Waals surface area contributed by atoms with E-state index in [1.54, 1.807) is 20.2 Å². The number of piperazine rings is 1. The van der Waals surface area contributed by atoms with Crippen LogP contribution >= 0.6 is 0 Å². The van der Waals surface area contributed by atoms with Gasteiger partial charge in [-0.3, -0.25) is 9.79 Å². The molecule has 1 fully saturated rings. The van der Waals surface area contributed by atoms with Crippen LogP contribution in [0.1, 0.15) is 19.5 Å². The van der Waals surface area contributed by atoms with Gasteiger partial charge in [-0.2, -0.15) is 4.31 Å². The Morgan fingerprint density at radius 2 is 2.00 bits per heavy atom. The number of aliphatic imine (C=N–C) groups is 1. The van der Waals surface area contributed by atoms with Crippen molar-refractivity contribution < 1.29 is 17.7 Å². The first-order chi connectivity index (χ1) is 12.7. The molecule has 27 heavy (non-hydrogen) atoms. The van der Waals surface area contributed by atoms with Gasteiger partial charge in [0, 0.05) is 52.9 Å². The van der Waals surface area contributed by atoms with Gasteiger partial charge in [-0.05, 0) is 13.8 Å². The van der Waals surface area contributed by atoms with Gasteiger partial charge in [0.2, 0.25) is 15.9 Å². The van der Waals surface area contributed by atoms with Crippen molar-refractivity contribution in [2.75, 3.05) is 46.8 Å². The van der Waals surface area contributed by atoms with Crippen molar-refractivity contribution in [2.24, 2.45) is 10.4 Å². The molecule has 11 heteroatoms. The lowest BCUT2D eigenvalue weighted by atomic mass is 9.92. The maximum Gasteiger partial charge on any atom is 0.227 e. The third-order valence-corrected chi connectivity index (χ3v) is 6.31. The summed E-state index contributed by atoms with van der Waals surface area (Å²) in [5, 5.41) is 9.53. The van der Waals surface area contributed by atoms with E-state index in [1.807, 2.05) is 18.7 Å². The SMILES string of the molecule is CN=C(NCC(C)(C)C(=O)NC)N1CCN(S(=O)(=O)Cc2ccon2)CC1. The van der Waals surface area contributed by atoms with Gasteiger partial charge in [-0.15, -0.1) is 0 Å². The van der Waals surface area contributed by atoms with Crippen LogP contribution in [0, 0.1) is 5.41 Å². The van der Waals surface area contributed by atoms with Crippen LogP contribution < -0.4 is 10.6 Å². The molecule has 2 heterocycles. The predicted molar refractivity (Wildman–Crippen MR) is 101 cm³/mol. The van der Waals surface area contributed by atoms with Gasteiger partial charge >= 0.3 is 0 Å². The zero-order valence-corrected chi connectivity index (χ0v) is 17.0. The minimum absolute atomic E-state index is 0.0609. The molecule has 1 aromatic heterocycles. The van der Waals surface area contributed by atoms with Crippen LogP contribution in [-0.2, 0) is 20.6 Å². The number of nitrogens with zero attached hydrogens (tertiary/aromatic N) is 4. The third kappa shape index (κ3) is 5.42. The van der Waals surface area contributed by atoms with E-state index in [-0.39, 0.29) is 11.7 Å². The second kappa shape index (κ2) is 8.70. The molecule has 0 saturated carbocycles. The minimum Gasteiger partial charge on any atom is -0.364 e. The first-order valence-corrected chi connectivity index (χ1v) is 10.4. The van der Waals surface area contributed by atoms with Crippen molar-refractivity contribution >= 4 is 21.9 Å². The average Bonchev–Trinajstić information content (AvgIpc) is 3.14. The number of aromatic nitrogens is 1. The number of guanidine groups is 1. The molecule has 1 aromatic rings. The van der Waals surface area contributed by atoms with Gasteiger partial charge in [-0.1, -0.05) is 5.16 Å². The van der Waals surface area contributed by atoms with E-state index in [4.69, 9.17) is 4.52 Å². The quantitative estimate of drug-likeness (QED) is 0.486. The van der Waals surface area contributed by atoms with E-state index in [9.17, 15) is 13.2 Å². The highest BCUT2D eigenvalue weighted by Crippen LogP contribution is 2.15. The zero-order chi connectivity index (χ0) is 20.1. The predicted octanol–water partition coefficient (Wildman–Crippen LogP) is -0.530. The summed E-state index contributed by atoms with van der Waals surface area (Å²) in [6.45, 7) is 5.86. The molecule has 1 aliphatic heterocycles. The summed E-state index contributed by atoms with van der Waals surface area (Å²) in [5.74, 6) is 0.423. The van der Waals surface area contributed by atoms with Gasteiger partial charge < -0.3 is 20.1 Å². The molecule has 0 bridgehead atoms. The first-order valence-electron chi connectivity index (χ1n) is 8.74. The summed E-state index contributed by atoms with van der Waals surface area (Å²) in [6, 6.07) is 1.55. The fourth-order valence-corrected chi connectivity index (χ4v) is 4.24. The highest BCUT2D eigenvalue weighted by Gasteiger charge is 2.31. The standard InChI is InChI=1S/C16H28N6O4S/c1-16(2,14(23)17-3)12-19-15(18-4)21-6-8-22(9-7-21)27(24,25)11-13-5-10-26-20-13/h5,10H,6-9,11-12H2,1-4H3,(H,17,23)(H,18,19). The van der Waals surface area contributed by atoms with E-state index < -0.39 is 15.4 Å². The fraction of sp³-hybridized carbons (Fsp3) is 0.688. The summed E-state index contributed by atoms with van der Waals surface area (Å²) in [6.07, 6.45) is 1.36. The van der Waals surface area contributed by atoms with Crippen molar-refractivity contribution in [1.82, 2.24) is 25.0 Å². The largest absolute Gasteiger partial charge is 0.364 e. The first kappa shape index (κ1) is 21.2. The highest BCUT2D eigenvalue weighted by molar-refractivity contribution is 7.88. The molecule has 0 radical (unpaired) electrons. The van der Waals surface area contributed by atoms with Gasteiger partial charge in [0.25, 0.3) is 0 Å². The number of carbonyl (C=O) groups excluding carboxylic acids is 1. The number of sulfonamides is 1. The number of rotatable bonds is 6. The van der Waals surface area contributed by atoms with E-state index in [2.05, 4.69) is 20.8 Å². The lowest BCUT2D eigenvalue weighted by molar-refractivity contribution is -0.128. The Labute approximate surface area is 160 Å². The molecule has 0 aliphatic carbocycles. The van der Waals surface area contributed by atoms with Crippen LogP contribution in [0.15, 0.2) is 21.8 Å². The Kier molecular flexibility index (Phi) is 6.82. The van der Waals surface area contributed by atoms with E-state index in [1.165, 1.54) is 10.6 Å². The summed E-state index contributed by atoms with van der Waals surface area (Å²) >= 11 is 0. The summed E-state index contributed by atoms with van der Waals surface area (Å²) < 4.78 is 31.2. The Hall–Kier alpha value is -2.14. The van der Waals surface area contributed by atoms with E-state index in [0.717, 1.165) is 0 Å². The molecular formula is C16H28N6O4S. The van der Waals surface area contributed by atoms with E-state index in [0.29, 0.717) is 44.4 Å². The Balaban J connectivity index is 1.90. The van der Waals surface area contributed by atoms with Gasteiger partial charge in [0.05, 0.1) is 11.1 Å². The number of hydrogen-bond donors (Lipinski definition) is 2. The number of hydrogen-bond acceptors (Lipinski definition) is 6. The summed E-state index contributed by atoms with van der Waals surface area (Å²) in [7, 11) is -0.163. The van der Waals surface area contributed by atoms with Crippen molar-refractivity contribution in [3.8, 4) is 0 Å². The highest BCUT2D eigenvalue weighted by atomic mass is 32.2. The van der Waals surface area contributed by atoms with Crippen LogP contribution in [0.5, 0.6) is 0 Å². The normalized spacial score (nSPS) is 17.0. The smallest absolute Gasteiger partial charge is 0.227 e. The van der Waals surface area contributed by atoms with Crippen molar-refractivity contribution in [3.05, 3.63) is 18.0 Å². The molecule has 0 aromatic carbocycles. The lowest BCUT2D eigenvalue weighted by Crippen LogP contribution is -2.55. The third-order valence-electron chi connectivity index (χ3n) is 4.50. The van der Waals surface area contributed by atoms with Crippen LogP contribution in [0.2, 0.25) is 0 Å². The number of amides is 1. The fourth-order valence-electron chi connectivity index (χ4n) is 2.82. The van der Waals surface area contributed by atoms with Crippen LogP contribution in [0.4, 0.5) is 0 Å². The molecule has 1 amide bonds. The minimum atomic E-state index is -3.44. The summed E-state index contributed by atoms with van der Waals surface area (Å²) in [5.41, 5.74) is -0.195. The molecule has 1 saturated heterocycles. The van der Waals surface area contributed by atoms with Crippen LogP contribution in [0.25, 0.3) is 0 Å². The number of carbonyl (C=O) groups is 1. The molecule has 152 valence electrons. The molecule has 10 nitrogen and oxygen atoms in total. The van der Waals surface area contributed by atoms with Gasteiger partial charge in [0.1, 0.15) is 12.0 Å². The molecular weight excluding hydrogens is 372 g/mol. The lowest BCUT2D eigenvalue weighted by Gasteiger charge is -2.36. The second-order valence-corrected chi connectivity index (χ2v) is 8.97. The van der Waals surface area contributed by atoms with Crippen molar-refractivity contribution in [2.45, 2.75) is 19.6 Å². The van der Waals surface area contributed by atoms with Crippen molar-refractivity contribution in [3.63, 3.8) is 0 Å².